The quantitative estimate of drug-likeness (QED) is 0.587. The van der Waals surface area contributed by atoms with Gasteiger partial charge >= 0.3 is 0 Å². The molecule has 78 valence electrons. The molecule has 0 saturated carbocycles. The number of alkyl halides is 1. The van der Waals surface area contributed by atoms with E-state index in [9.17, 15) is 10.2 Å². The maximum atomic E-state index is 9.66. The lowest BCUT2D eigenvalue weighted by molar-refractivity contribution is 0.0342. The lowest BCUT2D eigenvalue weighted by atomic mass is 10.1. The second-order valence-corrected chi connectivity index (χ2v) is 4.45. The van der Waals surface area contributed by atoms with Crippen LogP contribution in [0.1, 0.15) is 11.7 Å². The molecule has 0 aromatic heterocycles. The summed E-state index contributed by atoms with van der Waals surface area (Å²) in [6.07, 6.45) is -1.71. The molecular weight excluding hydrogens is 314 g/mol. The third kappa shape index (κ3) is 2.70. The van der Waals surface area contributed by atoms with Crippen LogP contribution in [0.4, 0.5) is 5.69 Å². The van der Waals surface area contributed by atoms with Crippen LogP contribution in [0.5, 0.6) is 0 Å². The molecule has 0 bridgehead atoms. The Morgan fingerprint density at radius 3 is 2.50 bits per heavy atom. The molecule has 0 fully saturated rings. The zero-order chi connectivity index (χ0) is 10.7. The van der Waals surface area contributed by atoms with Crippen molar-refractivity contribution in [2.75, 3.05) is 11.1 Å². The highest BCUT2D eigenvalue weighted by Gasteiger charge is 2.17. The Labute approximate surface area is 99.2 Å². The van der Waals surface area contributed by atoms with Crippen LogP contribution in [0, 0.1) is 0 Å². The number of aliphatic hydroxyl groups is 2. The van der Waals surface area contributed by atoms with Gasteiger partial charge in [0.2, 0.25) is 0 Å². The van der Waals surface area contributed by atoms with E-state index in [0.29, 0.717) is 16.6 Å². The maximum Gasteiger partial charge on any atom is 0.106 e. The first kappa shape index (κ1) is 12.0. The largest absolute Gasteiger partial charge is 0.398 e. The van der Waals surface area contributed by atoms with Gasteiger partial charge in [0.15, 0.2) is 0 Å². The monoisotopic (exact) mass is 323 g/mol. The molecule has 0 aliphatic rings. The molecule has 0 radical (unpaired) electrons. The van der Waals surface area contributed by atoms with E-state index >= 15 is 0 Å². The molecule has 1 aromatic rings. The van der Waals surface area contributed by atoms with Gasteiger partial charge in [-0.1, -0.05) is 22.0 Å². The van der Waals surface area contributed by atoms with Gasteiger partial charge in [-0.3, -0.25) is 0 Å². The van der Waals surface area contributed by atoms with Gasteiger partial charge in [0.1, 0.15) is 6.10 Å². The molecule has 0 aliphatic heterocycles. The summed E-state index contributed by atoms with van der Waals surface area (Å²) >= 11 is 6.36. The Hall–Kier alpha value is -0.100. The van der Waals surface area contributed by atoms with Crippen molar-refractivity contribution in [1.82, 2.24) is 0 Å². The molecular formula is C9H11Br2NO2. The summed E-state index contributed by atoms with van der Waals surface area (Å²) in [5.41, 5.74) is 6.84. The number of aliphatic hydroxyl groups excluding tert-OH is 2. The van der Waals surface area contributed by atoms with Crippen molar-refractivity contribution in [3.05, 3.63) is 28.2 Å². The second-order valence-electron chi connectivity index (χ2n) is 2.95. The van der Waals surface area contributed by atoms with Gasteiger partial charge < -0.3 is 15.9 Å². The molecule has 2 unspecified atom stereocenters. The normalized spacial score (nSPS) is 15.1. The first-order valence-electron chi connectivity index (χ1n) is 4.03. The summed E-state index contributed by atoms with van der Waals surface area (Å²) < 4.78 is 0.718. The van der Waals surface area contributed by atoms with Gasteiger partial charge in [-0.05, 0) is 33.6 Å². The molecule has 0 spiro atoms. The number of anilines is 1. The topological polar surface area (TPSA) is 66.5 Å². The fourth-order valence-corrected chi connectivity index (χ4v) is 1.78. The minimum absolute atomic E-state index is 0.330. The van der Waals surface area contributed by atoms with Gasteiger partial charge in [-0.15, -0.1) is 0 Å². The van der Waals surface area contributed by atoms with Gasteiger partial charge in [-0.25, -0.2) is 0 Å². The van der Waals surface area contributed by atoms with Gasteiger partial charge in [0, 0.05) is 15.5 Å². The lowest BCUT2D eigenvalue weighted by Crippen LogP contribution is -2.19. The molecule has 0 aliphatic carbocycles. The van der Waals surface area contributed by atoms with Crippen molar-refractivity contribution in [2.45, 2.75) is 12.2 Å². The number of nitrogen functional groups attached to an aromatic ring is 1. The summed E-state index contributed by atoms with van der Waals surface area (Å²) in [7, 11) is 0. The van der Waals surface area contributed by atoms with Gasteiger partial charge in [0.25, 0.3) is 0 Å². The van der Waals surface area contributed by atoms with Crippen molar-refractivity contribution in [3.63, 3.8) is 0 Å². The molecule has 0 saturated heterocycles. The maximum absolute atomic E-state index is 9.66. The van der Waals surface area contributed by atoms with Crippen molar-refractivity contribution >= 4 is 37.5 Å². The molecule has 2 atom stereocenters. The summed E-state index contributed by atoms with van der Waals surface area (Å²) in [6, 6.07) is 5.08. The van der Waals surface area contributed by atoms with E-state index in [-0.39, 0.29) is 0 Å². The number of benzene rings is 1. The van der Waals surface area contributed by atoms with Crippen LogP contribution in [0.25, 0.3) is 0 Å². The van der Waals surface area contributed by atoms with Crippen LogP contribution >= 0.6 is 31.9 Å². The predicted molar refractivity (Wildman–Crippen MR) is 63.3 cm³/mol. The molecule has 5 heteroatoms. The summed E-state index contributed by atoms with van der Waals surface area (Å²) in [5.74, 6) is 0. The van der Waals surface area contributed by atoms with Crippen molar-refractivity contribution in [3.8, 4) is 0 Å². The SMILES string of the molecule is Nc1ccc(C(O)C(O)CBr)cc1Br. The Kier molecular flexibility index (Phi) is 4.37. The lowest BCUT2D eigenvalue weighted by Gasteiger charge is -2.16. The van der Waals surface area contributed by atoms with Crippen LogP contribution in [0.3, 0.4) is 0 Å². The minimum Gasteiger partial charge on any atom is -0.398 e. The van der Waals surface area contributed by atoms with E-state index in [1.165, 1.54) is 0 Å². The fraction of sp³-hybridized carbons (Fsp3) is 0.333. The van der Waals surface area contributed by atoms with Gasteiger partial charge in [0.05, 0.1) is 6.10 Å². The third-order valence-electron chi connectivity index (χ3n) is 1.89. The Morgan fingerprint density at radius 2 is 2.00 bits per heavy atom. The first-order chi connectivity index (χ1) is 6.56. The molecule has 1 aromatic carbocycles. The van der Waals surface area contributed by atoms with E-state index < -0.39 is 12.2 Å². The van der Waals surface area contributed by atoms with Crippen LogP contribution in [0.15, 0.2) is 22.7 Å². The first-order valence-corrected chi connectivity index (χ1v) is 5.94. The number of halogens is 2. The van der Waals surface area contributed by atoms with E-state index in [0.717, 1.165) is 4.47 Å². The average molecular weight is 325 g/mol. The Bertz CT molecular complexity index is 320. The van der Waals surface area contributed by atoms with E-state index in [4.69, 9.17) is 5.73 Å². The van der Waals surface area contributed by atoms with Crippen LogP contribution < -0.4 is 5.73 Å². The summed E-state index contributed by atoms with van der Waals surface area (Å²) in [5, 5.41) is 19.4. The van der Waals surface area contributed by atoms with E-state index in [1.807, 2.05) is 0 Å². The number of hydrogen-bond acceptors (Lipinski definition) is 3. The highest BCUT2D eigenvalue weighted by molar-refractivity contribution is 9.10. The smallest absolute Gasteiger partial charge is 0.106 e. The van der Waals surface area contributed by atoms with Crippen molar-refractivity contribution in [1.29, 1.82) is 0 Å². The highest BCUT2D eigenvalue weighted by Crippen LogP contribution is 2.25. The zero-order valence-corrected chi connectivity index (χ0v) is 10.5. The predicted octanol–water partition coefficient (Wildman–Crippen LogP) is 1.82. The van der Waals surface area contributed by atoms with Crippen LogP contribution in [-0.4, -0.2) is 21.6 Å². The molecule has 14 heavy (non-hydrogen) atoms. The number of nitrogens with two attached hydrogens (primary N) is 1. The summed E-state index contributed by atoms with van der Waals surface area (Å²) in [6.45, 7) is 0. The Balaban J connectivity index is 2.91. The molecule has 1 rings (SSSR count). The second kappa shape index (κ2) is 5.11. The van der Waals surface area contributed by atoms with E-state index in [1.54, 1.807) is 18.2 Å². The van der Waals surface area contributed by atoms with E-state index in [2.05, 4.69) is 31.9 Å². The molecule has 0 amide bonds. The average Bonchev–Trinajstić information content (AvgIpc) is 2.20. The minimum atomic E-state index is -0.897. The molecule has 0 heterocycles. The fourth-order valence-electron chi connectivity index (χ4n) is 1.03. The molecule has 4 N–H and O–H groups in total. The highest BCUT2D eigenvalue weighted by atomic mass is 79.9. The number of rotatable bonds is 3. The van der Waals surface area contributed by atoms with Crippen molar-refractivity contribution in [2.24, 2.45) is 0 Å². The van der Waals surface area contributed by atoms with Crippen LogP contribution in [0.2, 0.25) is 0 Å². The van der Waals surface area contributed by atoms with Crippen molar-refractivity contribution < 1.29 is 10.2 Å². The number of hydrogen-bond donors (Lipinski definition) is 3. The Morgan fingerprint density at radius 1 is 1.36 bits per heavy atom. The third-order valence-corrected chi connectivity index (χ3v) is 3.24. The van der Waals surface area contributed by atoms with Gasteiger partial charge in [-0.2, -0.15) is 0 Å². The molecule has 3 nitrogen and oxygen atoms in total. The standard InChI is InChI=1S/C9H11Br2NO2/c10-4-8(13)9(14)5-1-2-7(12)6(11)3-5/h1-3,8-9,13-14H,4,12H2. The zero-order valence-electron chi connectivity index (χ0n) is 7.32. The van der Waals surface area contributed by atoms with Crippen LogP contribution in [-0.2, 0) is 0 Å². The summed E-state index contributed by atoms with van der Waals surface area (Å²) in [4.78, 5) is 0.